The predicted molar refractivity (Wildman–Crippen MR) is 112 cm³/mol. The summed E-state index contributed by atoms with van der Waals surface area (Å²) in [4.78, 5) is 29.1. The summed E-state index contributed by atoms with van der Waals surface area (Å²) in [5, 5.41) is 12.6. The number of carbonyl (C=O) groups is 2. The SMILES string of the molecule is Cc1nc(-c2ccc(Cl)cc2)sc1C(=O)OCC(=O)Nc1ccc(CC#N)cc1. The maximum atomic E-state index is 12.4. The Morgan fingerprint density at radius 1 is 1.17 bits per heavy atom. The molecule has 0 radical (unpaired) electrons. The van der Waals surface area contributed by atoms with Crippen LogP contribution in [0.2, 0.25) is 5.02 Å². The zero-order valence-corrected chi connectivity index (χ0v) is 17.0. The van der Waals surface area contributed by atoms with Gasteiger partial charge >= 0.3 is 5.97 Å². The van der Waals surface area contributed by atoms with E-state index in [2.05, 4.69) is 16.4 Å². The summed E-state index contributed by atoms with van der Waals surface area (Å²) in [7, 11) is 0. The van der Waals surface area contributed by atoms with E-state index in [-0.39, 0.29) is 0 Å². The lowest BCUT2D eigenvalue weighted by molar-refractivity contribution is -0.119. The van der Waals surface area contributed by atoms with Gasteiger partial charge in [0.15, 0.2) is 6.61 Å². The number of carbonyl (C=O) groups excluding carboxylic acids is 2. The molecule has 0 atom stereocenters. The third kappa shape index (κ3) is 5.41. The molecule has 1 heterocycles. The molecule has 0 spiro atoms. The highest BCUT2D eigenvalue weighted by atomic mass is 35.5. The number of ether oxygens (including phenoxy) is 1. The Balaban J connectivity index is 1.58. The van der Waals surface area contributed by atoms with Crippen molar-refractivity contribution in [1.29, 1.82) is 5.26 Å². The Morgan fingerprint density at radius 2 is 1.86 bits per heavy atom. The first-order chi connectivity index (χ1) is 14.0. The number of halogens is 1. The van der Waals surface area contributed by atoms with E-state index in [0.717, 1.165) is 11.1 Å². The molecule has 29 heavy (non-hydrogen) atoms. The zero-order valence-electron chi connectivity index (χ0n) is 15.4. The maximum Gasteiger partial charge on any atom is 0.350 e. The summed E-state index contributed by atoms with van der Waals surface area (Å²) in [6.45, 7) is 1.31. The highest BCUT2D eigenvalue weighted by molar-refractivity contribution is 7.17. The van der Waals surface area contributed by atoms with E-state index in [9.17, 15) is 9.59 Å². The molecule has 3 aromatic rings. The summed E-state index contributed by atoms with van der Waals surface area (Å²) in [5.41, 5.74) is 2.80. The molecular formula is C21H16ClN3O3S. The number of amides is 1. The second-order valence-corrected chi connectivity index (χ2v) is 7.53. The van der Waals surface area contributed by atoms with Gasteiger partial charge in [-0.15, -0.1) is 11.3 Å². The first-order valence-corrected chi connectivity index (χ1v) is 9.82. The fourth-order valence-corrected chi connectivity index (χ4v) is 3.58. The quantitative estimate of drug-likeness (QED) is 0.581. The monoisotopic (exact) mass is 425 g/mol. The van der Waals surface area contributed by atoms with Gasteiger partial charge in [-0.1, -0.05) is 35.9 Å². The molecule has 1 amide bonds. The van der Waals surface area contributed by atoms with E-state index in [1.54, 1.807) is 43.3 Å². The van der Waals surface area contributed by atoms with Crippen LogP contribution < -0.4 is 5.32 Å². The molecule has 2 aromatic carbocycles. The van der Waals surface area contributed by atoms with Gasteiger partial charge in [0.05, 0.1) is 18.2 Å². The number of aryl methyl sites for hydroxylation is 1. The third-order valence-electron chi connectivity index (χ3n) is 3.93. The molecule has 0 unspecified atom stereocenters. The van der Waals surface area contributed by atoms with Gasteiger partial charge in [-0.05, 0) is 36.8 Å². The summed E-state index contributed by atoms with van der Waals surface area (Å²) in [5.74, 6) is -1.05. The first kappa shape index (κ1) is 20.5. The van der Waals surface area contributed by atoms with Crippen molar-refractivity contribution in [2.45, 2.75) is 13.3 Å². The molecule has 1 aromatic heterocycles. The van der Waals surface area contributed by atoms with Crippen LogP contribution in [0.15, 0.2) is 48.5 Å². The van der Waals surface area contributed by atoms with Crippen molar-refractivity contribution < 1.29 is 14.3 Å². The molecule has 146 valence electrons. The number of thiazole rings is 1. The first-order valence-electron chi connectivity index (χ1n) is 8.62. The molecule has 0 aliphatic rings. The molecule has 0 aliphatic heterocycles. The Bertz CT molecular complexity index is 1070. The van der Waals surface area contributed by atoms with Crippen LogP contribution in [0.25, 0.3) is 10.6 Å². The van der Waals surface area contributed by atoms with E-state index >= 15 is 0 Å². The molecule has 0 aliphatic carbocycles. The normalized spacial score (nSPS) is 10.2. The fraction of sp³-hybridized carbons (Fsp3) is 0.143. The summed E-state index contributed by atoms with van der Waals surface area (Å²) >= 11 is 7.10. The molecule has 0 fully saturated rings. The van der Waals surface area contributed by atoms with E-state index in [1.165, 1.54) is 11.3 Å². The highest BCUT2D eigenvalue weighted by Gasteiger charge is 2.18. The highest BCUT2D eigenvalue weighted by Crippen LogP contribution is 2.29. The molecule has 0 bridgehead atoms. The van der Waals surface area contributed by atoms with Crippen molar-refractivity contribution in [2.75, 3.05) is 11.9 Å². The van der Waals surface area contributed by atoms with Crippen LogP contribution in [0.3, 0.4) is 0 Å². The Hall–Kier alpha value is -3.21. The number of esters is 1. The van der Waals surface area contributed by atoms with Gasteiger partial charge in [-0.2, -0.15) is 5.26 Å². The van der Waals surface area contributed by atoms with Crippen LogP contribution in [0, 0.1) is 18.3 Å². The van der Waals surface area contributed by atoms with E-state index in [4.69, 9.17) is 21.6 Å². The number of hydrogen-bond acceptors (Lipinski definition) is 6. The average molecular weight is 426 g/mol. The Morgan fingerprint density at radius 3 is 2.52 bits per heavy atom. The van der Waals surface area contributed by atoms with Gasteiger partial charge in [0.2, 0.25) is 0 Å². The predicted octanol–water partition coefficient (Wildman–Crippen LogP) is 4.63. The van der Waals surface area contributed by atoms with Crippen LogP contribution in [-0.2, 0) is 16.0 Å². The summed E-state index contributed by atoms with van der Waals surface area (Å²) < 4.78 is 5.13. The van der Waals surface area contributed by atoms with Crippen LogP contribution >= 0.6 is 22.9 Å². The van der Waals surface area contributed by atoms with Crippen LogP contribution in [-0.4, -0.2) is 23.5 Å². The zero-order chi connectivity index (χ0) is 20.8. The van der Waals surface area contributed by atoms with Crippen molar-refractivity contribution in [3.63, 3.8) is 0 Å². The van der Waals surface area contributed by atoms with Gasteiger partial charge in [0.25, 0.3) is 5.91 Å². The number of nitrogens with zero attached hydrogens (tertiary/aromatic N) is 2. The number of aromatic nitrogens is 1. The number of nitriles is 1. The van der Waals surface area contributed by atoms with Gasteiger partial charge in [-0.3, -0.25) is 4.79 Å². The Kier molecular flexibility index (Phi) is 6.60. The Labute approximate surface area is 176 Å². The van der Waals surface area contributed by atoms with Crippen LogP contribution in [0.1, 0.15) is 20.9 Å². The van der Waals surface area contributed by atoms with Gasteiger partial charge in [-0.25, -0.2) is 9.78 Å². The van der Waals surface area contributed by atoms with E-state index in [0.29, 0.717) is 32.7 Å². The van der Waals surface area contributed by atoms with Crippen molar-refractivity contribution >= 4 is 40.5 Å². The van der Waals surface area contributed by atoms with E-state index in [1.807, 2.05) is 12.1 Å². The van der Waals surface area contributed by atoms with E-state index < -0.39 is 18.5 Å². The van der Waals surface area contributed by atoms with Crippen LogP contribution in [0.4, 0.5) is 5.69 Å². The lowest BCUT2D eigenvalue weighted by atomic mass is 10.1. The molecule has 3 rings (SSSR count). The van der Waals surface area contributed by atoms with Crippen molar-refractivity contribution in [2.24, 2.45) is 0 Å². The standard InChI is InChI=1S/C21H16ClN3O3S/c1-13-19(29-20(24-13)15-4-6-16(22)7-5-15)21(27)28-12-18(26)25-17-8-2-14(3-9-17)10-11-23/h2-9H,10,12H2,1H3,(H,25,26). The number of hydrogen-bond donors (Lipinski definition) is 1. The third-order valence-corrected chi connectivity index (χ3v) is 5.37. The molecular weight excluding hydrogens is 410 g/mol. The van der Waals surface area contributed by atoms with Crippen molar-refractivity contribution in [3.8, 4) is 16.6 Å². The second-order valence-electron chi connectivity index (χ2n) is 6.10. The molecule has 0 saturated carbocycles. The molecule has 8 heteroatoms. The van der Waals surface area contributed by atoms with Gasteiger partial charge in [0.1, 0.15) is 9.88 Å². The lowest BCUT2D eigenvalue weighted by Crippen LogP contribution is -2.20. The van der Waals surface area contributed by atoms with Gasteiger partial charge in [0, 0.05) is 16.3 Å². The largest absolute Gasteiger partial charge is 0.451 e. The topological polar surface area (TPSA) is 92.1 Å². The minimum absolute atomic E-state index is 0.304. The average Bonchev–Trinajstić information content (AvgIpc) is 3.10. The molecule has 0 saturated heterocycles. The minimum atomic E-state index is -0.597. The smallest absolute Gasteiger partial charge is 0.350 e. The van der Waals surface area contributed by atoms with Crippen molar-refractivity contribution in [1.82, 2.24) is 4.98 Å². The summed E-state index contributed by atoms with van der Waals surface area (Å²) in [6.07, 6.45) is 0.304. The molecule has 1 N–H and O–H groups in total. The summed E-state index contributed by atoms with van der Waals surface area (Å²) in [6, 6.07) is 16.1. The fourth-order valence-electron chi connectivity index (χ4n) is 2.49. The number of anilines is 1. The van der Waals surface area contributed by atoms with Crippen molar-refractivity contribution in [3.05, 3.63) is 69.7 Å². The number of nitrogens with one attached hydrogen (secondary N) is 1. The lowest BCUT2D eigenvalue weighted by Gasteiger charge is -2.06. The van der Waals surface area contributed by atoms with Crippen LogP contribution in [0.5, 0.6) is 0 Å². The number of benzene rings is 2. The minimum Gasteiger partial charge on any atom is -0.451 e. The second kappa shape index (κ2) is 9.32. The maximum absolute atomic E-state index is 12.4. The molecule has 6 nitrogen and oxygen atoms in total. The number of rotatable bonds is 6. The van der Waals surface area contributed by atoms with Gasteiger partial charge < -0.3 is 10.1 Å².